The minimum absolute atomic E-state index is 0.0408. The molecule has 0 spiro atoms. The highest BCUT2D eigenvalue weighted by Gasteiger charge is 2.22. The fraction of sp³-hybridized carbons (Fsp3) is 0.562. The fourth-order valence-electron chi connectivity index (χ4n) is 2.05. The van der Waals surface area contributed by atoms with Gasteiger partial charge in [0.25, 0.3) is 0 Å². The molecule has 0 bridgehead atoms. The monoisotopic (exact) mass is 325 g/mol. The Hall–Kier alpha value is -0.830. The molecule has 1 atom stereocenters. The molecule has 0 saturated heterocycles. The van der Waals surface area contributed by atoms with E-state index in [-0.39, 0.29) is 17.2 Å². The summed E-state index contributed by atoms with van der Waals surface area (Å²) in [7, 11) is 0. The highest BCUT2D eigenvalue weighted by atomic mass is 79.9. The van der Waals surface area contributed by atoms with E-state index >= 15 is 0 Å². The van der Waals surface area contributed by atoms with E-state index in [1.807, 2.05) is 30.3 Å². The summed E-state index contributed by atoms with van der Waals surface area (Å²) in [4.78, 5) is 12.3. The van der Waals surface area contributed by atoms with Crippen LogP contribution in [0.2, 0.25) is 0 Å². The maximum Gasteiger partial charge on any atom is 0.227 e. The van der Waals surface area contributed by atoms with Crippen LogP contribution in [0, 0.1) is 5.41 Å². The first-order valence-corrected chi connectivity index (χ1v) is 8.01. The van der Waals surface area contributed by atoms with Crippen molar-refractivity contribution in [1.82, 2.24) is 5.32 Å². The Morgan fingerprint density at radius 3 is 2.47 bits per heavy atom. The molecule has 2 nitrogen and oxygen atoms in total. The Bertz CT molecular complexity index is 389. The van der Waals surface area contributed by atoms with Crippen molar-refractivity contribution in [1.29, 1.82) is 0 Å². The number of alkyl halides is 1. The van der Waals surface area contributed by atoms with E-state index in [0.717, 1.165) is 30.3 Å². The molecule has 0 aliphatic rings. The van der Waals surface area contributed by atoms with Crippen LogP contribution in [0.1, 0.15) is 45.1 Å². The molecule has 1 aromatic carbocycles. The summed E-state index contributed by atoms with van der Waals surface area (Å²) in [5, 5.41) is 4.06. The van der Waals surface area contributed by atoms with Crippen LogP contribution in [-0.4, -0.2) is 17.8 Å². The van der Waals surface area contributed by atoms with Gasteiger partial charge in [-0.1, -0.05) is 67.0 Å². The first kappa shape index (κ1) is 16.2. The zero-order chi connectivity index (χ0) is 14.3. The second kappa shape index (κ2) is 7.68. The summed E-state index contributed by atoms with van der Waals surface area (Å²) in [6.45, 7) is 7.14. The number of carbonyl (C=O) groups is 1. The summed E-state index contributed by atoms with van der Waals surface area (Å²) in [5.74, 6) is 0.0947. The third-order valence-corrected chi connectivity index (χ3v) is 3.84. The van der Waals surface area contributed by atoms with Gasteiger partial charge in [0.05, 0.1) is 5.92 Å². The zero-order valence-corrected chi connectivity index (χ0v) is 13.7. The van der Waals surface area contributed by atoms with Crippen LogP contribution in [0.25, 0.3) is 0 Å². The van der Waals surface area contributed by atoms with E-state index in [1.54, 1.807) is 0 Å². The summed E-state index contributed by atoms with van der Waals surface area (Å²) in [5.41, 5.74) is 1.23. The molecule has 0 fully saturated rings. The average Bonchev–Trinajstić information content (AvgIpc) is 2.39. The minimum atomic E-state index is -0.0408. The topological polar surface area (TPSA) is 29.1 Å². The number of halogens is 1. The summed E-state index contributed by atoms with van der Waals surface area (Å²) >= 11 is 3.46. The molecule has 106 valence electrons. The maximum absolute atomic E-state index is 12.3. The van der Waals surface area contributed by atoms with Crippen LogP contribution in [-0.2, 0) is 4.79 Å². The quantitative estimate of drug-likeness (QED) is 0.751. The Kier molecular flexibility index (Phi) is 6.56. The Morgan fingerprint density at radius 1 is 1.32 bits per heavy atom. The second-order valence-electron chi connectivity index (χ2n) is 5.69. The summed E-state index contributed by atoms with van der Waals surface area (Å²) in [6, 6.07) is 10.0. The number of amides is 1. The first-order valence-electron chi connectivity index (χ1n) is 6.89. The third-order valence-electron chi connectivity index (χ3n) is 3.44. The molecule has 1 rings (SSSR count). The van der Waals surface area contributed by atoms with Gasteiger partial charge in [0.15, 0.2) is 0 Å². The van der Waals surface area contributed by atoms with Gasteiger partial charge in [-0.3, -0.25) is 4.79 Å². The predicted molar refractivity (Wildman–Crippen MR) is 84.7 cm³/mol. The fourth-order valence-corrected chi connectivity index (χ4v) is 3.12. The van der Waals surface area contributed by atoms with Gasteiger partial charge in [-0.15, -0.1) is 0 Å². The molecule has 1 amide bonds. The van der Waals surface area contributed by atoms with Crippen molar-refractivity contribution in [3.63, 3.8) is 0 Å². The van der Waals surface area contributed by atoms with E-state index in [9.17, 15) is 4.79 Å². The second-order valence-corrected chi connectivity index (χ2v) is 6.49. The lowest BCUT2D eigenvalue weighted by Crippen LogP contribution is -2.37. The molecular formula is C16H24BrNO. The molecule has 1 N–H and O–H groups in total. The van der Waals surface area contributed by atoms with Gasteiger partial charge in [0.1, 0.15) is 0 Å². The highest BCUT2D eigenvalue weighted by Crippen LogP contribution is 2.22. The number of rotatable bonds is 7. The van der Waals surface area contributed by atoms with Gasteiger partial charge in [-0.05, 0) is 23.8 Å². The normalized spacial score (nSPS) is 13.1. The molecule has 0 aliphatic heterocycles. The van der Waals surface area contributed by atoms with E-state index in [2.05, 4.69) is 42.0 Å². The minimum Gasteiger partial charge on any atom is -0.355 e. The van der Waals surface area contributed by atoms with Gasteiger partial charge in [0.2, 0.25) is 5.91 Å². The standard InChI is InChI=1S/C16H24BrNO/c1-4-14(13-8-6-5-7-9-13)15(19)18-12-16(2,3)10-11-17/h5-9,14H,4,10-12H2,1-3H3,(H,18,19). The lowest BCUT2D eigenvalue weighted by molar-refractivity contribution is -0.123. The molecule has 0 heterocycles. The van der Waals surface area contributed by atoms with Crippen LogP contribution in [0.3, 0.4) is 0 Å². The molecule has 0 saturated carbocycles. The maximum atomic E-state index is 12.3. The van der Waals surface area contributed by atoms with Crippen molar-refractivity contribution in [3.05, 3.63) is 35.9 Å². The number of hydrogen-bond donors (Lipinski definition) is 1. The molecular weight excluding hydrogens is 302 g/mol. The number of nitrogens with one attached hydrogen (secondary N) is 1. The molecule has 0 radical (unpaired) electrons. The zero-order valence-electron chi connectivity index (χ0n) is 12.1. The SMILES string of the molecule is CCC(C(=O)NCC(C)(C)CCBr)c1ccccc1. The summed E-state index contributed by atoms with van der Waals surface area (Å²) < 4.78 is 0. The van der Waals surface area contributed by atoms with Crippen LogP contribution >= 0.6 is 15.9 Å². The average molecular weight is 326 g/mol. The number of carbonyl (C=O) groups excluding carboxylic acids is 1. The van der Waals surface area contributed by atoms with E-state index < -0.39 is 0 Å². The highest BCUT2D eigenvalue weighted by molar-refractivity contribution is 9.09. The molecule has 1 aromatic rings. The molecule has 1 unspecified atom stereocenters. The van der Waals surface area contributed by atoms with E-state index in [1.165, 1.54) is 0 Å². The molecule has 0 aromatic heterocycles. The van der Waals surface area contributed by atoms with Crippen LogP contribution in [0.15, 0.2) is 30.3 Å². The Balaban J connectivity index is 2.61. The Labute approximate surface area is 125 Å². The van der Waals surface area contributed by atoms with Gasteiger partial charge >= 0.3 is 0 Å². The number of hydrogen-bond acceptors (Lipinski definition) is 1. The van der Waals surface area contributed by atoms with Crippen molar-refractivity contribution < 1.29 is 4.79 Å². The molecule has 3 heteroatoms. The van der Waals surface area contributed by atoms with Crippen LogP contribution < -0.4 is 5.32 Å². The smallest absolute Gasteiger partial charge is 0.227 e. The van der Waals surface area contributed by atoms with Crippen molar-refractivity contribution in [3.8, 4) is 0 Å². The van der Waals surface area contributed by atoms with Crippen molar-refractivity contribution >= 4 is 21.8 Å². The molecule has 19 heavy (non-hydrogen) atoms. The van der Waals surface area contributed by atoms with E-state index in [0.29, 0.717) is 0 Å². The summed E-state index contributed by atoms with van der Waals surface area (Å²) in [6.07, 6.45) is 1.88. The van der Waals surface area contributed by atoms with Gasteiger partial charge in [-0.2, -0.15) is 0 Å². The lowest BCUT2D eigenvalue weighted by atomic mass is 9.89. The largest absolute Gasteiger partial charge is 0.355 e. The van der Waals surface area contributed by atoms with Gasteiger partial charge < -0.3 is 5.32 Å². The number of benzene rings is 1. The van der Waals surface area contributed by atoms with Crippen LogP contribution in [0.5, 0.6) is 0 Å². The van der Waals surface area contributed by atoms with Crippen LogP contribution in [0.4, 0.5) is 0 Å². The Morgan fingerprint density at radius 2 is 1.95 bits per heavy atom. The molecule has 0 aliphatic carbocycles. The van der Waals surface area contributed by atoms with E-state index in [4.69, 9.17) is 0 Å². The van der Waals surface area contributed by atoms with Crippen molar-refractivity contribution in [2.45, 2.75) is 39.5 Å². The predicted octanol–water partition coefficient (Wildman–Crippen LogP) is 4.11. The van der Waals surface area contributed by atoms with Crippen molar-refractivity contribution in [2.75, 3.05) is 11.9 Å². The van der Waals surface area contributed by atoms with Gasteiger partial charge in [-0.25, -0.2) is 0 Å². The van der Waals surface area contributed by atoms with Crippen molar-refractivity contribution in [2.24, 2.45) is 5.41 Å². The van der Waals surface area contributed by atoms with Gasteiger partial charge in [0, 0.05) is 11.9 Å². The lowest BCUT2D eigenvalue weighted by Gasteiger charge is -2.25. The third kappa shape index (κ3) is 5.35. The first-order chi connectivity index (χ1) is 9.00.